The number of para-hydroxylation sites is 1. The molecule has 0 bridgehead atoms. The smallest absolute Gasteiger partial charge is 0.266 e. The van der Waals surface area contributed by atoms with Crippen LogP contribution < -0.4 is 5.56 Å². The molecular formula is C22H14BrClN2O. The summed E-state index contributed by atoms with van der Waals surface area (Å²) >= 11 is 9.38. The van der Waals surface area contributed by atoms with Crippen LogP contribution in [0.5, 0.6) is 0 Å². The second-order valence-corrected chi connectivity index (χ2v) is 7.34. The van der Waals surface area contributed by atoms with Crippen LogP contribution >= 0.6 is 27.5 Å². The Labute approximate surface area is 169 Å². The van der Waals surface area contributed by atoms with Gasteiger partial charge in [0.2, 0.25) is 0 Å². The van der Waals surface area contributed by atoms with Gasteiger partial charge in [0.15, 0.2) is 0 Å². The van der Waals surface area contributed by atoms with E-state index in [0.717, 1.165) is 15.7 Å². The van der Waals surface area contributed by atoms with Crippen LogP contribution in [0.2, 0.25) is 5.02 Å². The quantitative estimate of drug-likeness (QED) is 0.396. The number of hydrogen-bond acceptors (Lipinski definition) is 2. The van der Waals surface area contributed by atoms with E-state index in [4.69, 9.17) is 16.6 Å². The molecule has 0 unspecified atom stereocenters. The maximum atomic E-state index is 13.2. The SMILES string of the molecule is O=c1c2ccccc2nc(C=Cc2ccc(Cl)cc2)n1-c1ccc(Br)cc1. The van der Waals surface area contributed by atoms with Gasteiger partial charge in [-0.1, -0.05) is 57.9 Å². The van der Waals surface area contributed by atoms with E-state index in [1.165, 1.54) is 0 Å². The highest BCUT2D eigenvalue weighted by Crippen LogP contribution is 2.18. The molecule has 0 aliphatic carbocycles. The van der Waals surface area contributed by atoms with E-state index in [1.807, 2.05) is 78.9 Å². The molecule has 0 saturated heterocycles. The molecule has 0 aliphatic heterocycles. The van der Waals surface area contributed by atoms with Crippen LogP contribution in [0, 0.1) is 0 Å². The number of aromatic nitrogens is 2. The Morgan fingerprint density at radius 1 is 0.889 bits per heavy atom. The number of hydrogen-bond donors (Lipinski definition) is 0. The Bertz CT molecular complexity index is 1200. The Hall–Kier alpha value is -2.69. The van der Waals surface area contributed by atoms with E-state index in [0.29, 0.717) is 21.7 Å². The lowest BCUT2D eigenvalue weighted by Crippen LogP contribution is -2.22. The molecule has 27 heavy (non-hydrogen) atoms. The van der Waals surface area contributed by atoms with Crippen LogP contribution in [0.4, 0.5) is 0 Å². The zero-order chi connectivity index (χ0) is 18.8. The monoisotopic (exact) mass is 436 g/mol. The predicted octanol–water partition coefficient (Wildman–Crippen LogP) is 5.97. The maximum absolute atomic E-state index is 13.2. The fraction of sp³-hybridized carbons (Fsp3) is 0. The summed E-state index contributed by atoms with van der Waals surface area (Å²) in [5.74, 6) is 0.566. The summed E-state index contributed by atoms with van der Waals surface area (Å²) in [4.78, 5) is 17.9. The highest BCUT2D eigenvalue weighted by molar-refractivity contribution is 9.10. The van der Waals surface area contributed by atoms with E-state index in [2.05, 4.69) is 15.9 Å². The molecule has 0 spiro atoms. The van der Waals surface area contributed by atoms with Crippen LogP contribution in [0.15, 0.2) is 82.1 Å². The second-order valence-electron chi connectivity index (χ2n) is 5.99. The molecule has 4 aromatic rings. The third-order valence-corrected chi connectivity index (χ3v) is 4.96. The third-order valence-electron chi connectivity index (χ3n) is 4.18. The zero-order valence-electron chi connectivity index (χ0n) is 14.1. The molecule has 0 aliphatic rings. The van der Waals surface area contributed by atoms with Crippen LogP contribution in [0.1, 0.15) is 11.4 Å². The third kappa shape index (κ3) is 3.72. The summed E-state index contributed by atoms with van der Waals surface area (Å²) in [5.41, 5.74) is 2.31. The molecule has 132 valence electrons. The Balaban J connectivity index is 1.92. The fourth-order valence-corrected chi connectivity index (χ4v) is 3.24. The minimum absolute atomic E-state index is 0.0984. The highest BCUT2D eigenvalue weighted by atomic mass is 79.9. The summed E-state index contributed by atoms with van der Waals surface area (Å²) in [6, 6.07) is 22.5. The number of benzene rings is 3. The molecule has 1 aromatic heterocycles. The summed E-state index contributed by atoms with van der Waals surface area (Å²) < 4.78 is 2.58. The molecule has 0 fully saturated rings. The van der Waals surface area contributed by atoms with Gasteiger partial charge in [0.25, 0.3) is 5.56 Å². The van der Waals surface area contributed by atoms with Crippen molar-refractivity contribution in [3.63, 3.8) is 0 Å². The van der Waals surface area contributed by atoms with Crippen LogP contribution in [0.3, 0.4) is 0 Å². The molecule has 0 saturated carbocycles. The Morgan fingerprint density at radius 2 is 1.59 bits per heavy atom. The first kappa shape index (κ1) is 17.7. The molecule has 0 atom stereocenters. The van der Waals surface area contributed by atoms with Gasteiger partial charge in [-0.25, -0.2) is 4.98 Å². The van der Waals surface area contributed by atoms with Crippen molar-refractivity contribution >= 4 is 50.6 Å². The van der Waals surface area contributed by atoms with Crippen molar-refractivity contribution in [1.82, 2.24) is 9.55 Å². The van der Waals surface area contributed by atoms with Crippen molar-refractivity contribution in [2.24, 2.45) is 0 Å². The standard InChI is InChI=1S/C22H14BrClN2O/c23-16-8-12-18(13-9-16)26-21(14-7-15-5-10-17(24)11-6-15)25-20-4-2-1-3-19(20)22(26)27/h1-14H. The number of fused-ring (bicyclic) bond motifs is 1. The van der Waals surface area contributed by atoms with E-state index in [9.17, 15) is 4.79 Å². The molecule has 0 N–H and O–H groups in total. The molecule has 1 heterocycles. The first-order chi connectivity index (χ1) is 13.1. The van der Waals surface area contributed by atoms with Gasteiger partial charge in [-0.05, 0) is 60.2 Å². The van der Waals surface area contributed by atoms with Crippen molar-refractivity contribution < 1.29 is 0 Å². The van der Waals surface area contributed by atoms with Gasteiger partial charge in [-0.2, -0.15) is 0 Å². The predicted molar refractivity (Wildman–Crippen MR) is 115 cm³/mol. The average molecular weight is 438 g/mol. The first-order valence-electron chi connectivity index (χ1n) is 8.33. The largest absolute Gasteiger partial charge is 0.268 e. The summed E-state index contributed by atoms with van der Waals surface area (Å²) in [6.45, 7) is 0. The Morgan fingerprint density at radius 3 is 2.33 bits per heavy atom. The Kier molecular flexibility index (Phi) is 4.92. The van der Waals surface area contributed by atoms with Crippen molar-refractivity contribution in [2.75, 3.05) is 0 Å². The average Bonchev–Trinajstić information content (AvgIpc) is 2.69. The summed E-state index contributed by atoms with van der Waals surface area (Å²) in [5, 5.41) is 1.27. The minimum atomic E-state index is -0.0984. The van der Waals surface area contributed by atoms with Gasteiger partial charge in [0.1, 0.15) is 5.82 Å². The topological polar surface area (TPSA) is 34.9 Å². The van der Waals surface area contributed by atoms with Crippen molar-refractivity contribution in [1.29, 1.82) is 0 Å². The maximum Gasteiger partial charge on any atom is 0.266 e. The lowest BCUT2D eigenvalue weighted by Gasteiger charge is -2.11. The molecule has 0 radical (unpaired) electrons. The number of halogens is 2. The lowest BCUT2D eigenvalue weighted by atomic mass is 10.2. The number of rotatable bonds is 3. The molecule has 0 amide bonds. The van der Waals surface area contributed by atoms with Gasteiger partial charge in [-0.15, -0.1) is 0 Å². The molecule has 3 nitrogen and oxygen atoms in total. The molecule has 5 heteroatoms. The fourth-order valence-electron chi connectivity index (χ4n) is 2.85. The van der Waals surface area contributed by atoms with Crippen LogP contribution in [-0.2, 0) is 0 Å². The van der Waals surface area contributed by atoms with Gasteiger partial charge < -0.3 is 0 Å². The van der Waals surface area contributed by atoms with Crippen molar-refractivity contribution in [2.45, 2.75) is 0 Å². The summed E-state index contributed by atoms with van der Waals surface area (Å²) in [7, 11) is 0. The lowest BCUT2D eigenvalue weighted by molar-refractivity contribution is 0.943. The molecule has 3 aromatic carbocycles. The van der Waals surface area contributed by atoms with E-state index in [1.54, 1.807) is 10.6 Å². The summed E-state index contributed by atoms with van der Waals surface area (Å²) in [6.07, 6.45) is 3.77. The van der Waals surface area contributed by atoms with Crippen LogP contribution in [0.25, 0.3) is 28.7 Å². The minimum Gasteiger partial charge on any atom is -0.268 e. The van der Waals surface area contributed by atoms with Gasteiger partial charge in [0, 0.05) is 9.50 Å². The van der Waals surface area contributed by atoms with Crippen molar-refractivity contribution in [3.8, 4) is 5.69 Å². The molecule has 4 rings (SSSR count). The highest BCUT2D eigenvalue weighted by Gasteiger charge is 2.10. The second kappa shape index (κ2) is 7.51. The first-order valence-corrected chi connectivity index (χ1v) is 9.50. The number of nitrogens with zero attached hydrogens (tertiary/aromatic N) is 2. The van der Waals surface area contributed by atoms with Crippen molar-refractivity contribution in [3.05, 3.63) is 104 Å². The van der Waals surface area contributed by atoms with Gasteiger partial charge in [0.05, 0.1) is 16.6 Å². The normalized spacial score (nSPS) is 11.3. The zero-order valence-corrected chi connectivity index (χ0v) is 16.5. The van der Waals surface area contributed by atoms with Gasteiger partial charge in [-0.3, -0.25) is 9.36 Å². The van der Waals surface area contributed by atoms with Gasteiger partial charge >= 0.3 is 0 Å². The van der Waals surface area contributed by atoms with Crippen LogP contribution in [-0.4, -0.2) is 9.55 Å². The van der Waals surface area contributed by atoms with E-state index < -0.39 is 0 Å². The van der Waals surface area contributed by atoms with E-state index in [-0.39, 0.29) is 5.56 Å². The molecular weight excluding hydrogens is 424 g/mol. The van der Waals surface area contributed by atoms with E-state index >= 15 is 0 Å².